The molecule has 0 aromatic heterocycles. The summed E-state index contributed by atoms with van der Waals surface area (Å²) in [6, 6.07) is 20.7. The number of amides is 4. The predicted molar refractivity (Wildman–Crippen MR) is 119 cm³/mol. The zero-order valence-electron chi connectivity index (χ0n) is 17.9. The molecule has 0 aliphatic carbocycles. The lowest BCUT2D eigenvalue weighted by atomic mass is 9.88. The van der Waals surface area contributed by atoms with Gasteiger partial charge in [-0.2, -0.15) is 0 Å². The van der Waals surface area contributed by atoms with E-state index in [9.17, 15) is 14.4 Å². The van der Waals surface area contributed by atoms with Crippen LogP contribution in [0.3, 0.4) is 0 Å². The second-order valence-electron chi connectivity index (χ2n) is 8.21. The molecule has 3 aromatic carbocycles. The number of carbonyl (C=O) groups excluding carboxylic acids is 3. The molecule has 31 heavy (non-hydrogen) atoms. The number of aryl methyl sites for hydroxylation is 1. The molecule has 1 N–H and O–H groups in total. The third-order valence-corrected chi connectivity index (χ3v) is 5.86. The Morgan fingerprint density at radius 2 is 1.68 bits per heavy atom. The van der Waals surface area contributed by atoms with Crippen LogP contribution in [0, 0.1) is 6.92 Å². The van der Waals surface area contributed by atoms with Gasteiger partial charge in [0.2, 0.25) is 5.91 Å². The van der Waals surface area contributed by atoms with Gasteiger partial charge in [-0.3, -0.25) is 14.5 Å². The molecule has 1 aliphatic heterocycles. The number of nitrogens with one attached hydrogen (secondary N) is 1. The molecular formula is C25H25N3O3. The molecule has 4 rings (SSSR count). The largest absolute Gasteiger partial charge is 0.340 e. The summed E-state index contributed by atoms with van der Waals surface area (Å²) < 4.78 is 0. The number of fused-ring (bicyclic) bond motifs is 1. The number of carbonyl (C=O) groups is 3. The lowest BCUT2D eigenvalue weighted by molar-refractivity contribution is -0.138. The van der Waals surface area contributed by atoms with Crippen LogP contribution in [0.5, 0.6) is 0 Å². The number of benzene rings is 3. The highest BCUT2D eigenvalue weighted by Crippen LogP contribution is 2.33. The van der Waals surface area contributed by atoms with Crippen molar-refractivity contribution in [1.82, 2.24) is 15.1 Å². The maximum absolute atomic E-state index is 13.3. The summed E-state index contributed by atoms with van der Waals surface area (Å²) in [6.07, 6.45) is 0. The van der Waals surface area contributed by atoms with Crippen LogP contribution in [0.25, 0.3) is 10.8 Å². The molecule has 1 aliphatic rings. The third-order valence-electron chi connectivity index (χ3n) is 5.86. The molecule has 0 saturated carbocycles. The lowest BCUT2D eigenvalue weighted by Gasteiger charge is -2.24. The molecule has 1 heterocycles. The highest BCUT2D eigenvalue weighted by molar-refractivity contribution is 6.10. The van der Waals surface area contributed by atoms with Crippen LogP contribution < -0.4 is 5.32 Å². The molecule has 1 atom stereocenters. The monoisotopic (exact) mass is 415 g/mol. The highest BCUT2D eigenvalue weighted by atomic mass is 16.2. The molecule has 1 fully saturated rings. The van der Waals surface area contributed by atoms with Crippen molar-refractivity contribution in [2.75, 3.05) is 13.6 Å². The van der Waals surface area contributed by atoms with Crippen molar-refractivity contribution in [2.45, 2.75) is 25.9 Å². The maximum Gasteiger partial charge on any atom is 0.325 e. The van der Waals surface area contributed by atoms with E-state index in [0.29, 0.717) is 12.1 Å². The van der Waals surface area contributed by atoms with Gasteiger partial charge in [-0.25, -0.2) is 4.79 Å². The van der Waals surface area contributed by atoms with Crippen LogP contribution in [0.2, 0.25) is 0 Å². The van der Waals surface area contributed by atoms with Gasteiger partial charge in [-0.1, -0.05) is 72.3 Å². The predicted octanol–water partition coefficient (Wildman–Crippen LogP) is 3.57. The fourth-order valence-corrected chi connectivity index (χ4v) is 4.00. The Morgan fingerprint density at radius 3 is 2.42 bits per heavy atom. The minimum Gasteiger partial charge on any atom is -0.340 e. The number of hydrogen-bond acceptors (Lipinski definition) is 3. The molecule has 158 valence electrons. The number of nitrogens with zero attached hydrogens (tertiary/aromatic N) is 2. The first kappa shape index (κ1) is 20.6. The maximum atomic E-state index is 13.3. The van der Waals surface area contributed by atoms with E-state index < -0.39 is 17.5 Å². The fraction of sp³-hybridized carbons (Fsp3) is 0.240. The Hall–Kier alpha value is -3.67. The van der Waals surface area contributed by atoms with Gasteiger partial charge < -0.3 is 10.2 Å². The topological polar surface area (TPSA) is 69.7 Å². The number of likely N-dealkylation sites (N-methyl/N-ethyl adjacent to an activating group) is 1. The zero-order chi connectivity index (χ0) is 22.2. The summed E-state index contributed by atoms with van der Waals surface area (Å²) in [5.41, 5.74) is 1.62. The average molecular weight is 415 g/mol. The molecule has 3 aromatic rings. The van der Waals surface area contributed by atoms with E-state index in [2.05, 4.69) is 5.32 Å². The van der Waals surface area contributed by atoms with Crippen LogP contribution in [0.4, 0.5) is 4.79 Å². The molecule has 0 spiro atoms. The first-order valence-corrected chi connectivity index (χ1v) is 10.2. The van der Waals surface area contributed by atoms with Crippen LogP contribution >= 0.6 is 0 Å². The van der Waals surface area contributed by atoms with Gasteiger partial charge in [0.15, 0.2) is 0 Å². The van der Waals surface area contributed by atoms with E-state index in [1.807, 2.05) is 73.7 Å². The van der Waals surface area contributed by atoms with E-state index >= 15 is 0 Å². The number of imide groups is 1. The van der Waals surface area contributed by atoms with Crippen LogP contribution in [-0.2, 0) is 21.7 Å². The Balaban J connectivity index is 1.54. The third kappa shape index (κ3) is 3.77. The number of rotatable bonds is 5. The SMILES string of the molecule is Cc1ccc(CN(C)C(=O)CN2C(=O)N[C@](C)(c3cccc4ccccc34)C2=O)cc1. The number of hydrogen-bond donors (Lipinski definition) is 1. The average Bonchev–Trinajstić information content (AvgIpc) is 2.98. The molecule has 6 nitrogen and oxygen atoms in total. The minimum atomic E-state index is -1.23. The Labute approximate surface area is 181 Å². The van der Waals surface area contributed by atoms with Crippen molar-refractivity contribution in [3.63, 3.8) is 0 Å². The highest BCUT2D eigenvalue weighted by Gasteiger charge is 2.50. The van der Waals surface area contributed by atoms with Crippen molar-refractivity contribution in [3.8, 4) is 0 Å². The van der Waals surface area contributed by atoms with Gasteiger partial charge in [0.1, 0.15) is 12.1 Å². The summed E-state index contributed by atoms with van der Waals surface area (Å²) in [6.45, 7) is 3.80. The van der Waals surface area contributed by atoms with Crippen molar-refractivity contribution in [2.24, 2.45) is 0 Å². The standard InChI is InChI=1S/C25H25N3O3/c1-17-11-13-18(14-12-17)15-27(3)22(29)16-28-23(30)25(2,26-24(28)31)21-10-6-8-19-7-4-5-9-20(19)21/h4-14H,15-16H2,1-3H3,(H,26,31)/t25-/m1/s1. The van der Waals surface area contributed by atoms with Gasteiger partial charge in [-0.05, 0) is 35.7 Å². The zero-order valence-corrected chi connectivity index (χ0v) is 17.9. The van der Waals surface area contributed by atoms with Crippen molar-refractivity contribution < 1.29 is 14.4 Å². The van der Waals surface area contributed by atoms with Crippen LogP contribution in [0.15, 0.2) is 66.7 Å². The van der Waals surface area contributed by atoms with E-state index in [1.165, 1.54) is 4.90 Å². The minimum absolute atomic E-state index is 0.298. The Kier molecular flexibility index (Phi) is 5.23. The summed E-state index contributed by atoms with van der Waals surface area (Å²) >= 11 is 0. The van der Waals surface area contributed by atoms with Crippen molar-refractivity contribution >= 4 is 28.6 Å². The van der Waals surface area contributed by atoms with Gasteiger partial charge in [-0.15, -0.1) is 0 Å². The van der Waals surface area contributed by atoms with Gasteiger partial charge in [0.05, 0.1) is 0 Å². The molecule has 4 amide bonds. The first-order valence-electron chi connectivity index (χ1n) is 10.2. The second kappa shape index (κ2) is 7.87. The first-order chi connectivity index (χ1) is 14.8. The quantitative estimate of drug-likeness (QED) is 0.648. The molecule has 0 radical (unpaired) electrons. The van der Waals surface area contributed by atoms with Gasteiger partial charge in [0.25, 0.3) is 5.91 Å². The van der Waals surface area contributed by atoms with Gasteiger partial charge >= 0.3 is 6.03 Å². The molecule has 0 unspecified atom stereocenters. The summed E-state index contributed by atoms with van der Waals surface area (Å²) in [4.78, 5) is 41.3. The summed E-state index contributed by atoms with van der Waals surface area (Å²) in [5, 5.41) is 4.68. The second-order valence-corrected chi connectivity index (χ2v) is 8.21. The number of urea groups is 1. The van der Waals surface area contributed by atoms with E-state index in [1.54, 1.807) is 14.0 Å². The molecule has 1 saturated heterocycles. The van der Waals surface area contributed by atoms with E-state index in [0.717, 1.165) is 26.8 Å². The van der Waals surface area contributed by atoms with E-state index in [-0.39, 0.29) is 12.5 Å². The molecule has 6 heteroatoms. The smallest absolute Gasteiger partial charge is 0.325 e. The van der Waals surface area contributed by atoms with Crippen LogP contribution in [-0.4, -0.2) is 41.2 Å². The fourth-order valence-electron chi connectivity index (χ4n) is 4.00. The molecular weight excluding hydrogens is 390 g/mol. The van der Waals surface area contributed by atoms with Gasteiger partial charge in [0, 0.05) is 13.6 Å². The molecule has 0 bridgehead atoms. The Morgan fingerprint density at radius 1 is 1.00 bits per heavy atom. The van der Waals surface area contributed by atoms with Crippen LogP contribution in [0.1, 0.15) is 23.6 Å². The van der Waals surface area contributed by atoms with E-state index in [4.69, 9.17) is 0 Å². The Bertz CT molecular complexity index is 1170. The van der Waals surface area contributed by atoms with Crippen molar-refractivity contribution in [1.29, 1.82) is 0 Å². The summed E-state index contributed by atoms with van der Waals surface area (Å²) in [7, 11) is 1.67. The lowest BCUT2D eigenvalue weighted by Crippen LogP contribution is -2.43. The summed E-state index contributed by atoms with van der Waals surface area (Å²) in [5.74, 6) is -0.725. The normalized spacial score (nSPS) is 18.4. The van der Waals surface area contributed by atoms with Crippen molar-refractivity contribution in [3.05, 3.63) is 83.4 Å².